The quantitative estimate of drug-likeness (QED) is 0.727. The first-order valence-corrected chi connectivity index (χ1v) is 10.8. The first kappa shape index (κ1) is 19.1. The number of carbonyl (C=O) groups is 1. The van der Waals surface area contributed by atoms with Crippen molar-refractivity contribution in [2.24, 2.45) is 11.1 Å². The number of amides is 1. The van der Waals surface area contributed by atoms with Gasteiger partial charge in [-0.1, -0.05) is 46.6 Å². The number of carbonyl (C=O) groups excluding carboxylic acids is 1. The number of rotatable bonds is 6. The molecule has 138 valence electrons. The van der Waals surface area contributed by atoms with Gasteiger partial charge < -0.3 is 5.32 Å². The van der Waals surface area contributed by atoms with Gasteiger partial charge in [0.15, 0.2) is 0 Å². The molecule has 3 N–H and O–H groups in total. The van der Waals surface area contributed by atoms with Crippen molar-refractivity contribution in [3.8, 4) is 0 Å². The number of benzene rings is 2. The van der Waals surface area contributed by atoms with Gasteiger partial charge in [-0.3, -0.25) is 4.79 Å². The molecule has 0 bridgehead atoms. The minimum Gasteiger partial charge on any atom is -0.349 e. The number of hydrogen-bond acceptors (Lipinski definition) is 3. The normalized spacial score (nSPS) is 15.9. The molecular weight excluding hydrogens is 416 g/mol. The van der Waals surface area contributed by atoms with Gasteiger partial charge in [-0.05, 0) is 54.2 Å². The molecule has 0 aliphatic heterocycles. The van der Waals surface area contributed by atoms with Crippen LogP contribution in [0.2, 0.25) is 0 Å². The van der Waals surface area contributed by atoms with E-state index in [1.54, 1.807) is 12.1 Å². The van der Waals surface area contributed by atoms with Gasteiger partial charge in [-0.25, -0.2) is 13.6 Å². The molecule has 0 saturated heterocycles. The molecule has 1 saturated carbocycles. The summed E-state index contributed by atoms with van der Waals surface area (Å²) in [5.41, 5.74) is 1.86. The van der Waals surface area contributed by atoms with Gasteiger partial charge in [0.05, 0.1) is 17.4 Å². The number of hydrogen-bond donors (Lipinski definition) is 2. The predicted molar refractivity (Wildman–Crippen MR) is 104 cm³/mol. The summed E-state index contributed by atoms with van der Waals surface area (Å²) in [5, 5.41) is 8.24. The van der Waals surface area contributed by atoms with Gasteiger partial charge in [0.2, 0.25) is 15.9 Å². The highest BCUT2D eigenvalue weighted by Gasteiger charge is 2.29. The van der Waals surface area contributed by atoms with Crippen molar-refractivity contribution in [2.75, 3.05) is 0 Å². The lowest BCUT2D eigenvalue weighted by molar-refractivity contribution is -0.121. The Morgan fingerprint density at radius 1 is 1.12 bits per heavy atom. The number of halogens is 1. The Labute approximate surface area is 162 Å². The van der Waals surface area contributed by atoms with Gasteiger partial charge in [0.25, 0.3) is 0 Å². The van der Waals surface area contributed by atoms with Crippen LogP contribution in [0.15, 0.2) is 57.9 Å². The number of nitrogens with one attached hydrogen (secondary N) is 1. The molecule has 3 rings (SSSR count). The van der Waals surface area contributed by atoms with E-state index < -0.39 is 10.0 Å². The highest BCUT2D eigenvalue weighted by Crippen LogP contribution is 2.38. The van der Waals surface area contributed by atoms with Gasteiger partial charge in [-0.15, -0.1) is 0 Å². The van der Waals surface area contributed by atoms with Crippen molar-refractivity contribution >= 4 is 31.9 Å². The van der Waals surface area contributed by atoms with Crippen molar-refractivity contribution in [2.45, 2.75) is 36.6 Å². The molecule has 2 aromatic carbocycles. The van der Waals surface area contributed by atoms with Crippen molar-refractivity contribution in [1.29, 1.82) is 0 Å². The molecule has 1 aliphatic carbocycles. The molecular formula is C19H21BrN2O3S. The molecule has 7 heteroatoms. The van der Waals surface area contributed by atoms with E-state index in [1.807, 2.05) is 24.3 Å². The fraction of sp³-hybridized carbons (Fsp3) is 0.316. The molecule has 0 radical (unpaired) electrons. The summed E-state index contributed by atoms with van der Waals surface area (Å²) in [6.45, 7) is 0. The lowest BCUT2D eigenvalue weighted by atomic mass is 9.77. The van der Waals surface area contributed by atoms with Gasteiger partial charge in [0.1, 0.15) is 0 Å². The van der Waals surface area contributed by atoms with Crippen LogP contribution in [0, 0.1) is 5.92 Å². The topological polar surface area (TPSA) is 89.3 Å². The summed E-state index contributed by atoms with van der Waals surface area (Å²) < 4.78 is 23.6. The largest absolute Gasteiger partial charge is 0.349 e. The third-order valence-electron chi connectivity index (χ3n) is 4.78. The number of sulfonamides is 1. The predicted octanol–water partition coefficient (Wildman–Crippen LogP) is 3.30. The van der Waals surface area contributed by atoms with E-state index in [-0.39, 0.29) is 23.3 Å². The fourth-order valence-corrected chi connectivity index (χ4v) is 3.90. The smallest absolute Gasteiger partial charge is 0.238 e. The Kier molecular flexibility index (Phi) is 5.79. The molecule has 5 nitrogen and oxygen atoms in total. The van der Waals surface area contributed by atoms with E-state index in [0.717, 1.165) is 28.4 Å². The zero-order valence-electron chi connectivity index (χ0n) is 14.2. The Balaban J connectivity index is 1.69. The molecule has 0 spiro atoms. The first-order valence-electron chi connectivity index (χ1n) is 8.49. The third kappa shape index (κ3) is 4.72. The van der Waals surface area contributed by atoms with Crippen LogP contribution in [0.1, 0.15) is 36.4 Å². The van der Waals surface area contributed by atoms with Crippen LogP contribution < -0.4 is 10.5 Å². The molecule has 0 heterocycles. The Morgan fingerprint density at radius 3 is 2.23 bits per heavy atom. The van der Waals surface area contributed by atoms with E-state index in [4.69, 9.17) is 5.14 Å². The van der Waals surface area contributed by atoms with Crippen LogP contribution in [-0.4, -0.2) is 14.3 Å². The van der Waals surface area contributed by atoms with E-state index in [2.05, 4.69) is 21.2 Å². The zero-order valence-corrected chi connectivity index (χ0v) is 16.6. The summed E-state index contributed by atoms with van der Waals surface area (Å²) in [5.74, 6) is 0.387. The van der Waals surface area contributed by atoms with Crippen molar-refractivity contribution < 1.29 is 13.2 Å². The molecule has 0 aromatic heterocycles. The van der Waals surface area contributed by atoms with Gasteiger partial charge in [-0.2, -0.15) is 0 Å². The lowest BCUT2D eigenvalue weighted by Gasteiger charge is -2.34. The second-order valence-corrected chi connectivity index (χ2v) is 9.13. The highest BCUT2D eigenvalue weighted by molar-refractivity contribution is 9.10. The molecule has 1 atom stereocenters. The summed E-state index contributed by atoms with van der Waals surface area (Å²) in [6.07, 6.45) is 3.63. The van der Waals surface area contributed by atoms with Crippen molar-refractivity contribution in [3.63, 3.8) is 0 Å². The molecule has 26 heavy (non-hydrogen) atoms. The maximum absolute atomic E-state index is 12.5. The van der Waals surface area contributed by atoms with Crippen LogP contribution in [0.4, 0.5) is 0 Å². The summed E-state index contributed by atoms with van der Waals surface area (Å²) >= 11 is 3.44. The highest BCUT2D eigenvalue weighted by atomic mass is 79.9. The number of primary sulfonamides is 1. The Hall–Kier alpha value is -1.70. The second-order valence-electron chi connectivity index (χ2n) is 6.65. The summed E-state index contributed by atoms with van der Waals surface area (Å²) in [6, 6.07) is 14.1. The van der Waals surface area contributed by atoms with E-state index >= 15 is 0 Å². The molecule has 1 aliphatic rings. The summed E-state index contributed by atoms with van der Waals surface area (Å²) in [4.78, 5) is 12.6. The van der Waals surface area contributed by atoms with E-state index in [1.165, 1.54) is 18.6 Å². The van der Waals surface area contributed by atoms with Crippen LogP contribution in [0.5, 0.6) is 0 Å². The average Bonchev–Trinajstić information content (AvgIpc) is 2.53. The van der Waals surface area contributed by atoms with Crippen LogP contribution >= 0.6 is 15.9 Å². The Morgan fingerprint density at radius 2 is 1.73 bits per heavy atom. The van der Waals surface area contributed by atoms with Crippen LogP contribution in [0.3, 0.4) is 0 Å². The second kappa shape index (κ2) is 7.90. The lowest BCUT2D eigenvalue weighted by Crippen LogP contribution is -2.37. The molecule has 1 unspecified atom stereocenters. The standard InChI is InChI=1S/C19H21BrN2O3S/c20-16-8-6-15(7-9-16)19(14-2-1-3-14)22-18(23)12-13-4-10-17(11-5-13)26(21,24)25/h4-11,14,19H,1-3,12H2,(H,22,23)(H2,21,24,25). The van der Waals surface area contributed by atoms with Crippen molar-refractivity contribution in [3.05, 3.63) is 64.1 Å². The van der Waals surface area contributed by atoms with E-state index in [0.29, 0.717) is 5.92 Å². The van der Waals surface area contributed by atoms with Gasteiger partial charge >= 0.3 is 0 Å². The monoisotopic (exact) mass is 436 g/mol. The zero-order chi connectivity index (χ0) is 18.7. The average molecular weight is 437 g/mol. The SMILES string of the molecule is NS(=O)(=O)c1ccc(CC(=O)NC(c2ccc(Br)cc2)C2CCC2)cc1. The Bertz CT molecular complexity index is 876. The molecule has 1 fully saturated rings. The first-order chi connectivity index (χ1) is 12.3. The minimum absolute atomic E-state index is 0.00745. The number of nitrogens with two attached hydrogens (primary N) is 1. The molecule has 2 aromatic rings. The third-order valence-corrected chi connectivity index (χ3v) is 6.24. The minimum atomic E-state index is -3.72. The van der Waals surface area contributed by atoms with Gasteiger partial charge in [0, 0.05) is 4.47 Å². The van der Waals surface area contributed by atoms with Crippen molar-refractivity contribution in [1.82, 2.24) is 5.32 Å². The maximum Gasteiger partial charge on any atom is 0.238 e. The fourth-order valence-electron chi connectivity index (χ4n) is 3.12. The van der Waals surface area contributed by atoms with Crippen LogP contribution in [0.25, 0.3) is 0 Å². The molecule has 1 amide bonds. The van der Waals surface area contributed by atoms with Crippen LogP contribution in [-0.2, 0) is 21.2 Å². The summed E-state index contributed by atoms with van der Waals surface area (Å²) in [7, 11) is -3.72. The maximum atomic E-state index is 12.5. The van der Waals surface area contributed by atoms with E-state index in [9.17, 15) is 13.2 Å².